The van der Waals surface area contributed by atoms with E-state index in [1.165, 1.54) is 0 Å². The average Bonchev–Trinajstić information content (AvgIpc) is 2.27. The Morgan fingerprint density at radius 1 is 1.38 bits per heavy atom. The maximum absolute atomic E-state index is 9.45. The molecule has 0 aliphatic carbocycles. The van der Waals surface area contributed by atoms with Crippen molar-refractivity contribution >= 4 is 0 Å². The number of hydrogen-bond donors (Lipinski definition) is 2. The number of rotatable bonds is 4. The van der Waals surface area contributed by atoms with Crippen LogP contribution in [0.1, 0.15) is 40.0 Å². The summed E-state index contributed by atoms with van der Waals surface area (Å²) in [5.74, 6) is 0. The molecule has 3 N–H and O–H groups in total. The third-order valence-corrected chi connectivity index (χ3v) is 2.81. The first-order valence-corrected chi connectivity index (χ1v) is 6.37. The van der Waals surface area contributed by atoms with E-state index < -0.39 is 6.29 Å². The Hall–Kier alpha value is -0.160. The lowest BCUT2D eigenvalue weighted by atomic mass is 10.0. The van der Waals surface area contributed by atoms with Gasteiger partial charge in [0.15, 0.2) is 6.29 Å². The van der Waals surface area contributed by atoms with Gasteiger partial charge in [-0.3, -0.25) is 0 Å². The molecule has 1 heterocycles. The van der Waals surface area contributed by atoms with Crippen molar-refractivity contribution in [1.29, 1.82) is 0 Å². The molecule has 0 bridgehead atoms. The highest BCUT2D eigenvalue weighted by Crippen LogP contribution is 2.21. The number of hydrogen-bond acceptors (Lipinski definition) is 4. The van der Waals surface area contributed by atoms with Crippen LogP contribution in [0.3, 0.4) is 0 Å². The van der Waals surface area contributed by atoms with E-state index in [9.17, 15) is 5.11 Å². The quantitative estimate of drug-likeness (QED) is 0.764. The van der Waals surface area contributed by atoms with E-state index in [-0.39, 0.29) is 6.10 Å². The predicted molar refractivity (Wildman–Crippen MR) is 67.2 cm³/mol. The van der Waals surface area contributed by atoms with E-state index in [0.717, 1.165) is 25.9 Å². The normalized spacial score (nSPS) is 29.8. The van der Waals surface area contributed by atoms with E-state index in [1.54, 1.807) is 0 Å². The molecule has 0 aromatic rings. The van der Waals surface area contributed by atoms with Crippen LogP contribution in [-0.2, 0) is 4.74 Å². The summed E-state index contributed by atoms with van der Waals surface area (Å²) in [6.07, 6.45) is 2.29. The Morgan fingerprint density at radius 2 is 2.00 bits per heavy atom. The molecule has 1 saturated heterocycles. The van der Waals surface area contributed by atoms with Gasteiger partial charge in [0, 0.05) is 12.5 Å². The van der Waals surface area contributed by atoms with E-state index >= 15 is 0 Å². The molecular weight excluding hydrogens is 204 g/mol. The number of ether oxygens (including phenoxy) is 1. The van der Waals surface area contributed by atoms with Crippen molar-refractivity contribution in [3.63, 3.8) is 0 Å². The number of nitrogens with two attached hydrogens (primary N) is 1. The van der Waals surface area contributed by atoms with Crippen LogP contribution in [0.5, 0.6) is 0 Å². The largest absolute Gasteiger partial charge is 0.368 e. The van der Waals surface area contributed by atoms with Crippen molar-refractivity contribution in [2.75, 3.05) is 20.1 Å². The van der Waals surface area contributed by atoms with Crippen LogP contribution >= 0.6 is 0 Å². The first-order valence-electron chi connectivity index (χ1n) is 6.37. The first kappa shape index (κ1) is 15.8. The van der Waals surface area contributed by atoms with Crippen LogP contribution in [0.2, 0.25) is 0 Å². The highest BCUT2D eigenvalue weighted by molar-refractivity contribution is 4.77. The van der Waals surface area contributed by atoms with Gasteiger partial charge in [-0.15, -0.1) is 0 Å². The zero-order chi connectivity index (χ0) is 12.6. The van der Waals surface area contributed by atoms with Gasteiger partial charge in [0.2, 0.25) is 0 Å². The minimum atomic E-state index is -0.593. The van der Waals surface area contributed by atoms with Crippen molar-refractivity contribution in [3.8, 4) is 0 Å². The van der Waals surface area contributed by atoms with E-state index in [1.807, 2.05) is 20.8 Å². The second kappa shape index (κ2) is 8.93. The molecule has 4 nitrogen and oxygen atoms in total. The highest BCUT2D eigenvalue weighted by atomic mass is 16.6. The fourth-order valence-electron chi connectivity index (χ4n) is 1.97. The summed E-state index contributed by atoms with van der Waals surface area (Å²) >= 11 is 0. The molecule has 1 fully saturated rings. The summed E-state index contributed by atoms with van der Waals surface area (Å²) in [5.41, 5.74) is 5.46. The molecule has 0 spiro atoms. The fourth-order valence-corrected chi connectivity index (χ4v) is 1.97. The Labute approximate surface area is 99.8 Å². The molecule has 0 aromatic heterocycles. The van der Waals surface area contributed by atoms with Crippen molar-refractivity contribution < 1.29 is 9.84 Å². The standard InChI is InChI=1S/C10H22N2O2.C2H6/c1-8-6-9(7-10(13)14-8)12(2)5-3-4-11;1-2/h8-10,13H,3-7,11H2,1-2H3;1-2H3. The lowest BCUT2D eigenvalue weighted by Gasteiger charge is -2.36. The van der Waals surface area contributed by atoms with Gasteiger partial charge < -0.3 is 20.5 Å². The molecular formula is C12H28N2O2. The monoisotopic (exact) mass is 232 g/mol. The zero-order valence-corrected chi connectivity index (χ0v) is 11.1. The molecule has 0 saturated carbocycles. The number of nitrogens with zero attached hydrogens (tertiary/aromatic N) is 1. The smallest absolute Gasteiger partial charge is 0.156 e. The molecule has 1 rings (SSSR count). The van der Waals surface area contributed by atoms with Gasteiger partial charge in [-0.25, -0.2) is 0 Å². The average molecular weight is 232 g/mol. The zero-order valence-electron chi connectivity index (χ0n) is 11.1. The van der Waals surface area contributed by atoms with Crippen LogP contribution < -0.4 is 5.73 Å². The lowest BCUT2D eigenvalue weighted by Crippen LogP contribution is -2.43. The molecule has 98 valence electrons. The number of aliphatic hydroxyl groups excluding tert-OH is 1. The minimum absolute atomic E-state index is 0.157. The van der Waals surface area contributed by atoms with Gasteiger partial charge in [0.1, 0.15) is 0 Å². The van der Waals surface area contributed by atoms with E-state index in [0.29, 0.717) is 12.5 Å². The first-order chi connectivity index (χ1) is 7.63. The van der Waals surface area contributed by atoms with Crippen LogP contribution in [0.4, 0.5) is 0 Å². The Kier molecular flexibility index (Phi) is 8.84. The third-order valence-electron chi connectivity index (χ3n) is 2.81. The van der Waals surface area contributed by atoms with Crippen LogP contribution in [0, 0.1) is 0 Å². The topological polar surface area (TPSA) is 58.7 Å². The molecule has 16 heavy (non-hydrogen) atoms. The molecule has 3 atom stereocenters. The van der Waals surface area contributed by atoms with Crippen LogP contribution in [0.25, 0.3) is 0 Å². The third kappa shape index (κ3) is 5.80. The fraction of sp³-hybridized carbons (Fsp3) is 1.00. The second-order valence-corrected chi connectivity index (χ2v) is 4.15. The van der Waals surface area contributed by atoms with Crippen molar-refractivity contribution in [2.45, 2.75) is 58.5 Å². The Bertz CT molecular complexity index is 157. The van der Waals surface area contributed by atoms with Crippen molar-refractivity contribution in [3.05, 3.63) is 0 Å². The van der Waals surface area contributed by atoms with Gasteiger partial charge in [0.25, 0.3) is 0 Å². The summed E-state index contributed by atoms with van der Waals surface area (Å²) in [6, 6.07) is 0.431. The molecule has 0 amide bonds. The Morgan fingerprint density at radius 3 is 2.50 bits per heavy atom. The summed E-state index contributed by atoms with van der Waals surface area (Å²) in [4.78, 5) is 2.27. The van der Waals surface area contributed by atoms with Gasteiger partial charge in [-0.05, 0) is 39.9 Å². The molecule has 1 aliphatic heterocycles. The van der Waals surface area contributed by atoms with E-state index in [2.05, 4.69) is 11.9 Å². The van der Waals surface area contributed by atoms with Gasteiger partial charge in [0.05, 0.1) is 6.10 Å². The highest BCUT2D eigenvalue weighted by Gasteiger charge is 2.27. The number of aliphatic hydroxyl groups is 1. The van der Waals surface area contributed by atoms with E-state index in [4.69, 9.17) is 10.5 Å². The molecule has 0 aromatic carbocycles. The SMILES string of the molecule is CC.CC1CC(N(C)CCCN)CC(O)O1. The summed E-state index contributed by atoms with van der Waals surface area (Å²) in [6.45, 7) is 7.73. The summed E-state index contributed by atoms with van der Waals surface area (Å²) in [7, 11) is 2.09. The van der Waals surface area contributed by atoms with Gasteiger partial charge in [-0.1, -0.05) is 13.8 Å². The molecule has 3 unspecified atom stereocenters. The maximum Gasteiger partial charge on any atom is 0.156 e. The van der Waals surface area contributed by atoms with Crippen LogP contribution in [-0.4, -0.2) is 48.6 Å². The Balaban J connectivity index is 0.00000106. The molecule has 4 heteroatoms. The van der Waals surface area contributed by atoms with Crippen molar-refractivity contribution in [1.82, 2.24) is 4.90 Å². The summed E-state index contributed by atoms with van der Waals surface area (Å²) in [5, 5.41) is 9.45. The maximum atomic E-state index is 9.45. The molecule has 1 aliphatic rings. The van der Waals surface area contributed by atoms with Gasteiger partial charge >= 0.3 is 0 Å². The second-order valence-electron chi connectivity index (χ2n) is 4.15. The van der Waals surface area contributed by atoms with Gasteiger partial charge in [-0.2, -0.15) is 0 Å². The summed E-state index contributed by atoms with van der Waals surface area (Å²) < 4.78 is 5.28. The predicted octanol–water partition coefficient (Wildman–Crippen LogP) is 1.18. The minimum Gasteiger partial charge on any atom is -0.368 e. The van der Waals surface area contributed by atoms with Crippen LogP contribution in [0.15, 0.2) is 0 Å². The lowest BCUT2D eigenvalue weighted by molar-refractivity contribution is -0.173. The molecule has 0 radical (unpaired) electrons. The van der Waals surface area contributed by atoms with Crippen molar-refractivity contribution in [2.24, 2.45) is 5.73 Å².